The standard InChI is InChI=1S/C16H22N2O4/c1-21-10-12-6-8-18(9-7-12)16(20)13-4-2-3-5-14(13)22-11-15(17)19/h2-5,12H,6-11H2,1H3,(H2,17,19). The summed E-state index contributed by atoms with van der Waals surface area (Å²) in [4.78, 5) is 25.3. The van der Waals surface area contributed by atoms with Crippen LogP contribution < -0.4 is 10.5 Å². The number of hydrogen-bond donors (Lipinski definition) is 1. The van der Waals surface area contributed by atoms with Gasteiger partial charge in [-0.2, -0.15) is 0 Å². The average molecular weight is 306 g/mol. The molecule has 22 heavy (non-hydrogen) atoms. The van der Waals surface area contributed by atoms with Crippen LogP contribution in [0.4, 0.5) is 0 Å². The summed E-state index contributed by atoms with van der Waals surface area (Å²) in [6.45, 7) is 1.91. The molecule has 2 rings (SSSR count). The van der Waals surface area contributed by atoms with Gasteiger partial charge in [0.25, 0.3) is 11.8 Å². The number of hydrogen-bond acceptors (Lipinski definition) is 4. The second-order valence-electron chi connectivity index (χ2n) is 5.44. The number of carbonyl (C=O) groups excluding carboxylic acids is 2. The number of para-hydroxylation sites is 1. The number of amides is 2. The van der Waals surface area contributed by atoms with Gasteiger partial charge in [-0.1, -0.05) is 12.1 Å². The highest BCUT2D eigenvalue weighted by Gasteiger charge is 2.25. The van der Waals surface area contributed by atoms with Crippen LogP contribution in [0, 0.1) is 5.92 Å². The van der Waals surface area contributed by atoms with Crippen LogP contribution in [0.1, 0.15) is 23.2 Å². The summed E-state index contributed by atoms with van der Waals surface area (Å²) < 4.78 is 10.5. The van der Waals surface area contributed by atoms with E-state index in [1.165, 1.54) is 0 Å². The normalized spacial score (nSPS) is 15.6. The average Bonchev–Trinajstić information content (AvgIpc) is 2.53. The summed E-state index contributed by atoms with van der Waals surface area (Å²) in [6, 6.07) is 6.92. The number of likely N-dealkylation sites (tertiary alicyclic amines) is 1. The van der Waals surface area contributed by atoms with Gasteiger partial charge in [-0.3, -0.25) is 9.59 Å². The van der Waals surface area contributed by atoms with Gasteiger partial charge in [-0.15, -0.1) is 0 Å². The molecule has 1 aromatic rings. The van der Waals surface area contributed by atoms with Crippen molar-refractivity contribution >= 4 is 11.8 Å². The molecule has 0 atom stereocenters. The molecule has 1 saturated heterocycles. The third kappa shape index (κ3) is 4.21. The third-order valence-corrected chi connectivity index (χ3v) is 3.79. The van der Waals surface area contributed by atoms with Crippen molar-refractivity contribution < 1.29 is 19.1 Å². The van der Waals surface area contributed by atoms with Gasteiger partial charge in [0.15, 0.2) is 6.61 Å². The van der Waals surface area contributed by atoms with E-state index in [0.717, 1.165) is 19.4 Å². The Bertz CT molecular complexity index is 525. The molecule has 6 heteroatoms. The molecule has 2 N–H and O–H groups in total. The molecule has 0 radical (unpaired) electrons. The van der Waals surface area contributed by atoms with E-state index < -0.39 is 5.91 Å². The van der Waals surface area contributed by atoms with Crippen LogP contribution >= 0.6 is 0 Å². The fourth-order valence-corrected chi connectivity index (χ4v) is 2.63. The van der Waals surface area contributed by atoms with Crippen LogP contribution in [0.25, 0.3) is 0 Å². The molecule has 120 valence electrons. The van der Waals surface area contributed by atoms with Crippen molar-refractivity contribution in [2.45, 2.75) is 12.8 Å². The lowest BCUT2D eigenvalue weighted by atomic mass is 9.97. The summed E-state index contributed by atoms with van der Waals surface area (Å²) in [6.07, 6.45) is 1.87. The van der Waals surface area contributed by atoms with Crippen molar-refractivity contribution in [1.82, 2.24) is 4.90 Å². The number of methoxy groups -OCH3 is 1. The number of nitrogens with zero attached hydrogens (tertiary/aromatic N) is 1. The molecule has 1 aromatic carbocycles. The van der Waals surface area contributed by atoms with Crippen molar-refractivity contribution in [3.63, 3.8) is 0 Å². The van der Waals surface area contributed by atoms with Gasteiger partial charge < -0.3 is 20.1 Å². The van der Waals surface area contributed by atoms with Crippen molar-refractivity contribution in [3.8, 4) is 5.75 Å². The van der Waals surface area contributed by atoms with Gasteiger partial charge >= 0.3 is 0 Å². The first-order valence-electron chi connectivity index (χ1n) is 7.40. The maximum Gasteiger partial charge on any atom is 0.257 e. The number of ether oxygens (including phenoxy) is 2. The molecule has 1 aliphatic heterocycles. The molecule has 0 saturated carbocycles. The summed E-state index contributed by atoms with van der Waals surface area (Å²) in [5.74, 6) is 0.263. The number of piperidine rings is 1. The molecule has 0 aliphatic carbocycles. The molecule has 2 amide bonds. The summed E-state index contributed by atoms with van der Waals surface area (Å²) in [7, 11) is 1.70. The number of nitrogens with two attached hydrogens (primary N) is 1. The predicted molar refractivity (Wildman–Crippen MR) is 81.6 cm³/mol. The van der Waals surface area contributed by atoms with Gasteiger partial charge in [0.1, 0.15) is 5.75 Å². The molecule has 1 heterocycles. The summed E-state index contributed by atoms with van der Waals surface area (Å²) >= 11 is 0. The van der Waals surface area contributed by atoms with Crippen LogP contribution in [0.5, 0.6) is 5.75 Å². The smallest absolute Gasteiger partial charge is 0.257 e. The topological polar surface area (TPSA) is 81.9 Å². The van der Waals surface area contributed by atoms with Gasteiger partial charge in [0, 0.05) is 26.8 Å². The van der Waals surface area contributed by atoms with Gasteiger partial charge in [0.2, 0.25) is 0 Å². The molecular weight excluding hydrogens is 284 g/mol. The molecule has 0 bridgehead atoms. The zero-order valence-electron chi connectivity index (χ0n) is 12.8. The van der Waals surface area contributed by atoms with E-state index in [1.807, 2.05) is 4.90 Å². The summed E-state index contributed by atoms with van der Waals surface area (Å²) in [5, 5.41) is 0. The van der Waals surface area contributed by atoms with Gasteiger partial charge in [-0.05, 0) is 30.9 Å². The van der Waals surface area contributed by atoms with Gasteiger partial charge in [-0.25, -0.2) is 0 Å². The molecule has 0 unspecified atom stereocenters. The van der Waals surface area contributed by atoms with E-state index in [2.05, 4.69) is 0 Å². The Kier molecular flexibility index (Phi) is 5.77. The van der Waals surface area contributed by atoms with Crippen LogP contribution in [0.15, 0.2) is 24.3 Å². The van der Waals surface area contributed by atoms with Crippen LogP contribution in [-0.4, -0.2) is 50.1 Å². The first kappa shape index (κ1) is 16.3. The Labute approximate surface area is 130 Å². The van der Waals surface area contributed by atoms with Crippen molar-refractivity contribution in [3.05, 3.63) is 29.8 Å². The lowest BCUT2D eigenvalue weighted by Gasteiger charge is -2.32. The van der Waals surface area contributed by atoms with Gasteiger partial charge in [0.05, 0.1) is 5.56 Å². The summed E-state index contributed by atoms with van der Waals surface area (Å²) in [5.41, 5.74) is 5.55. The first-order chi connectivity index (χ1) is 10.6. The Morgan fingerprint density at radius 3 is 2.59 bits per heavy atom. The first-order valence-corrected chi connectivity index (χ1v) is 7.40. The monoisotopic (exact) mass is 306 g/mol. The molecule has 6 nitrogen and oxygen atoms in total. The maximum absolute atomic E-state index is 12.6. The number of primary amides is 1. The Morgan fingerprint density at radius 1 is 1.27 bits per heavy atom. The Morgan fingerprint density at radius 2 is 1.95 bits per heavy atom. The van der Waals surface area contributed by atoms with E-state index in [9.17, 15) is 9.59 Å². The molecule has 1 fully saturated rings. The third-order valence-electron chi connectivity index (χ3n) is 3.79. The highest BCUT2D eigenvalue weighted by atomic mass is 16.5. The largest absolute Gasteiger partial charge is 0.483 e. The number of rotatable bonds is 6. The molecule has 0 spiro atoms. The van der Waals surface area contributed by atoms with Crippen molar-refractivity contribution in [1.29, 1.82) is 0 Å². The fourth-order valence-electron chi connectivity index (χ4n) is 2.63. The molecule has 0 aromatic heterocycles. The minimum atomic E-state index is -0.567. The minimum Gasteiger partial charge on any atom is -0.483 e. The quantitative estimate of drug-likeness (QED) is 0.851. The second kappa shape index (κ2) is 7.79. The highest BCUT2D eigenvalue weighted by Crippen LogP contribution is 2.23. The fraction of sp³-hybridized carbons (Fsp3) is 0.500. The van der Waals surface area contributed by atoms with Crippen LogP contribution in [-0.2, 0) is 9.53 Å². The lowest BCUT2D eigenvalue weighted by molar-refractivity contribution is -0.119. The van der Waals surface area contributed by atoms with E-state index in [1.54, 1.807) is 31.4 Å². The molecular formula is C16H22N2O4. The minimum absolute atomic E-state index is 0.0732. The Hall–Kier alpha value is -2.08. The molecule has 1 aliphatic rings. The zero-order valence-corrected chi connectivity index (χ0v) is 12.8. The Balaban J connectivity index is 2.02. The predicted octanol–water partition coefficient (Wildman–Crippen LogP) is 1.05. The second-order valence-corrected chi connectivity index (χ2v) is 5.44. The zero-order chi connectivity index (χ0) is 15.9. The highest BCUT2D eigenvalue weighted by molar-refractivity contribution is 5.97. The van der Waals surface area contributed by atoms with E-state index in [0.29, 0.717) is 30.3 Å². The van der Waals surface area contributed by atoms with Crippen LogP contribution in [0.3, 0.4) is 0 Å². The lowest BCUT2D eigenvalue weighted by Crippen LogP contribution is -2.39. The van der Waals surface area contributed by atoms with Crippen molar-refractivity contribution in [2.75, 3.05) is 33.4 Å². The maximum atomic E-state index is 12.6. The van der Waals surface area contributed by atoms with Crippen molar-refractivity contribution in [2.24, 2.45) is 11.7 Å². The van der Waals surface area contributed by atoms with E-state index >= 15 is 0 Å². The number of carbonyl (C=O) groups is 2. The number of benzene rings is 1. The SMILES string of the molecule is COCC1CCN(C(=O)c2ccccc2OCC(N)=O)CC1. The van der Waals surface area contributed by atoms with Crippen LogP contribution in [0.2, 0.25) is 0 Å². The van der Waals surface area contributed by atoms with E-state index in [-0.39, 0.29) is 12.5 Å². The van der Waals surface area contributed by atoms with E-state index in [4.69, 9.17) is 15.2 Å².